The van der Waals surface area contributed by atoms with Crippen molar-refractivity contribution < 1.29 is 23.9 Å². The predicted molar refractivity (Wildman–Crippen MR) is 137 cm³/mol. The Morgan fingerprint density at radius 3 is 2.67 bits per heavy atom. The zero-order valence-electron chi connectivity index (χ0n) is 21.7. The molecule has 0 aliphatic carbocycles. The molecule has 9 nitrogen and oxygen atoms in total. The average molecular weight is 497 g/mol. The van der Waals surface area contributed by atoms with Crippen molar-refractivity contribution in [1.29, 1.82) is 0 Å². The van der Waals surface area contributed by atoms with Crippen molar-refractivity contribution in [2.45, 2.75) is 45.8 Å². The van der Waals surface area contributed by atoms with Crippen LogP contribution in [0.25, 0.3) is 0 Å². The van der Waals surface area contributed by atoms with Crippen LogP contribution in [0.4, 0.5) is 5.69 Å². The van der Waals surface area contributed by atoms with Gasteiger partial charge in [-0.05, 0) is 30.7 Å². The summed E-state index contributed by atoms with van der Waals surface area (Å²) < 4.78 is 11.9. The fourth-order valence-corrected chi connectivity index (χ4v) is 4.23. The first-order valence-corrected chi connectivity index (χ1v) is 12.3. The Balaban J connectivity index is 1.94. The molecule has 1 aliphatic heterocycles. The largest absolute Gasteiger partial charge is 0.491 e. The third-order valence-corrected chi connectivity index (χ3v) is 6.45. The Labute approximate surface area is 212 Å². The fraction of sp³-hybridized carbons (Fsp3) is 0.481. The van der Waals surface area contributed by atoms with Crippen LogP contribution in [-0.4, -0.2) is 78.5 Å². The molecule has 0 spiro atoms. The first kappa shape index (κ1) is 27.1. The van der Waals surface area contributed by atoms with Crippen LogP contribution in [0.2, 0.25) is 0 Å². The van der Waals surface area contributed by atoms with Gasteiger partial charge in [-0.1, -0.05) is 19.9 Å². The molecular formula is C27H36N4O5. The molecule has 1 N–H and O–H groups in total. The summed E-state index contributed by atoms with van der Waals surface area (Å²) in [6.07, 6.45) is 3.66. The molecular weight excluding hydrogens is 460 g/mol. The van der Waals surface area contributed by atoms with E-state index in [1.54, 1.807) is 56.6 Å². The zero-order valence-corrected chi connectivity index (χ0v) is 21.7. The van der Waals surface area contributed by atoms with Crippen LogP contribution in [0.3, 0.4) is 0 Å². The topological polar surface area (TPSA) is 101 Å². The van der Waals surface area contributed by atoms with E-state index < -0.39 is 0 Å². The molecule has 1 aromatic heterocycles. The van der Waals surface area contributed by atoms with E-state index in [0.29, 0.717) is 36.5 Å². The second-order valence-electron chi connectivity index (χ2n) is 9.29. The van der Waals surface area contributed by atoms with Crippen LogP contribution >= 0.6 is 0 Å². The third-order valence-electron chi connectivity index (χ3n) is 6.45. The van der Waals surface area contributed by atoms with E-state index in [1.807, 2.05) is 30.9 Å². The Morgan fingerprint density at radius 1 is 1.22 bits per heavy atom. The highest BCUT2D eigenvalue weighted by molar-refractivity contribution is 5.98. The quantitative estimate of drug-likeness (QED) is 0.683. The van der Waals surface area contributed by atoms with E-state index in [1.165, 1.54) is 0 Å². The summed E-state index contributed by atoms with van der Waals surface area (Å²) >= 11 is 0. The molecule has 9 heteroatoms. The number of carbonyl (C=O) groups excluding carboxylic acids is 3. The standard InChI is InChI=1S/C27H36N4O5/c1-6-25(32)29-21-9-10-22-23(13-21)36-17-19(3)31(26(33)12-20-8-7-11-28-14-20)15-18(2)24(35-5)16-30(4)27(22)34/h7-11,13-14,18-19,24H,6,12,15-17H2,1-5H3,(H,29,32)/t18-,19-,24-/m1/s1. The summed E-state index contributed by atoms with van der Waals surface area (Å²) in [4.78, 5) is 46.1. The van der Waals surface area contributed by atoms with E-state index >= 15 is 0 Å². The fourth-order valence-electron chi connectivity index (χ4n) is 4.23. The number of benzene rings is 1. The van der Waals surface area contributed by atoms with Gasteiger partial charge in [0.15, 0.2) is 0 Å². The molecule has 1 aromatic carbocycles. The maximum Gasteiger partial charge on any atom is 0.257 e. The predicted octanol–water partition coefficient (Wildman–Crippen LogP) is 3.01. The number of ether oxygens (including phenoxy) is 2. The lowest BCUT2D eigenvalue weighted by atomic mass is 10.0. The van der Waals surface area contributed by atoms with Crippen molar-refractivity contribution in [3.05, 3.63) is 53.9 Å². The Kier molecular flexibility index (Phi) is 9.41. The molecule has 0 radical (unpaired) electrons. The maximum atomic E-state index is 13.4. The molecule has 0 saturated carbocycles. The van der Waals surface area contributed by atoms with Gasteiger partial charge in [0.05, 0.1) is 24.1 Å². The van der Waals surface area contributed by atoms with Crippen LogP contribution < -0.4 is 10.1 Å². The highest BCUT2D eigenvalue weighted by atomic mass is 16.5. The number of carbonyl (C=O) groups is 3. The monoisotopic (exact) mass is 496 g/mol. The number of pyridine rings is 1. The van der Waals surface area contributed by atoms with E-state index in [-0.39, 0.29) is 48.8 Å². The first-order valence-electron chi connectivity index (χ1n) is 12.3. The molecule has 2 heterocycles. The van der Waals surface area contributed by atoms with Gasteiger partial charge in [-0.25, -0.2) is 0 Å². The number of aromatic nitrogens is 1. The van der Waals surface area contributed by atoms with Crippen molar-refractivity contribution in [2.75, 3.05) is 39.2 Å². The smallest absolute Gasteiger partial charge is 0.257 e. The minimum absolute atomic E-state index is 0.0314. The van der Waals surface area contributed by atoms with Crippen LogP contribution in [0.1, 0.15) is 43.1 Å². The highest BCUT2D eigenvalue weighted by Gasteiger charge is 2.30. The van der Waals surface area contributed by atoms with Gasteiger partial charge in [-0.2, -0.15) is 0 Å². The van der Waals surface area contributed by atoms with E-state index in [9.17, 15) is 14.4 Å². The zero-order chi connectivity index (χ0) is 26.2. The number of nitrogens with zero attached hydrogens (tertiary/aromatic N) is 3. The SMILES string of the molecule is CCC(=O)Nc1ccc2c(c1)OC[C@@H](C)N(C(=O)Cc1cccnc1)C[C@@H](C)[C@H](OC)CN(C)C2=O. The molecule has 3 rings (SSSR count). The summed E-state index contributed by atoms with van der Waals surface area (Å²) in [7, 11) is 3.34. The molecule has 0 fully saturated rings. The van der Waals surface area contributed by atoms with E-state index in [2.05, 4.69) is 10.3 Å². The van der Waals surface area contributed by atoms with E-state index in [0.717, 1.165) is 5.56 Å². The molecule has 3 amide bonds. The normalized spacial score (nSPS) is 21.0. The highest BCUT2D eigenvalue weighted by Crippen LogP contribution is 2.27. The Hall–Kier alpha value is -3.46. The Morgan fingerprint density at radius 2 is 2.00 bits per heavy atom. The number of hydrogen-bond acceptors (Lipinski definition) is 6. The molecule has 0 unspecified atom stereocenters. The van der Waals surface area contributed by atoms with Crippen LogP contribution in [0.5, 0.6) is 5.75 Å². The van der Waals surface area contributed by atoms with Crippen molar-refractivity contribution in [1.82, 2.24) is 14.8 Å². The third kappa shape index (κ3) is 6.81. The van der Waals surface area contributed by atoms with Crippen molar-refractivity contribution in [3.63, 3.8) is 0 Å². The van der Waals surface area contributed by atoms with Gasteiger partial charge in [0, 0.05) is 63.7 Å². The summed E-state index contributed by atoms with van der Waals surface area (Å²) in [5.41, 5.74) is 1.77. The molecule has 2 aromatic rings. The second kappa shape index (κ2) is 12.5. The van der Waals surface area contributed by atoms with Gasteiger partial charge in [-0.3, -0.25) is 19.4 Å². The summed E-state index contributed by atoms with van der Waals surface area (Å²) in [5, 5.41) is 2.81. The minimum atomic E-state index is -0.275. The van der Waals surface area contributed by atoms with Crippen molar-refractivity contribution in [2.24, 2.45) is 5.92 Å². The van der Waals surface area contributed by atoms with Crippen LogP contribution in [0.15, 0.2) is 42.7 Å². The lowest BCUT2D eigenvalue weighted by Crippen LogP contribution is -2.49. The number of amides is 3. The lowest BCUT2D eigenvalue weighted by Gasteiger charge is -2.36. The molecule has 36 heavy (non-hydrogen) atoms. The van der Waals surface area contributed by atoms with Gasteiger partial charge in [-0.15, -0.1) is 0 Å². The lowest BCUT2D eigenvalue weighted by molar-refractivity contribution is -0.134. The van der Waals surface area contributed by atoms with Crippen LogP contribution in [-0.2, 0) is 20.7 Å². The van der Waals surface area contributed by atoms with Gasteiger partial charge in [0.25, 0.3) is 5.91 Å². The van der Waals surface area contributed by atoms with Gasteiger partial charge < -0.3 is 24.6 Å². The van der Waals surface area contributed by atoms with Crippen molar-refractivity contribution >= 4 is 23.4 Å². The number of methoxy groups -OCH3 is 1. The van der Waals surface area contributed by atoms with Gasteiger partial charge in [0.2, 0.25) is 11.8 Å². The Bertz CT molecular complexity index is 1060. The van der Waals surface area contributed by atoms with Gasteiger partial charge >= 0.3 is 0 Å². The number of anilines is 1. The van der Waals surface area contributed by atoms with Crippen molar-refractivity contribution in [3.8, 4) is 5.75 Å². The maximum absolute atomic E-state index is 13.4. The molecule has 0 bridgehead atoms. The van der Waals surface area contributed by atoms with Crippen LogP contribution in [0, 0.1) is 5.92 Å². The number of rotatable bonds is 5. The first-order chi connectivity index (χ1) is 17.2. The number of likely N-dealkylation sites (N-methyl/N-ethyl adjacent to an activating group) is 1. The summed E-state index contributed by atoms with van der Waals surface area (Å²) in [6, 6.07) is 8.43. The molecule has 194 valence electrons. The number of hydrogen-bond donors (Lipinski definition) is 1. The minimum Gasteiger partial charge on any atom is -0.491 e. The van der Waals surface area contributed by atoms with Gasteiger partial charge in [0.1, 0.15) is 12.4 Å². The number of nitrogens with one attached hydrogen (secondary N) is 1. The molecule has 0 saturated heterocycles. The molecule has 1 aliphatic rings. The van der Waals surface area contributed by atoms with E-state index in [4.69, 9.17) is 9.47 Å². The average Bonchev–Trinajstić information content (AvgIpc) is 2.88. The second-order valence-corrected chi connectivity index (χ2v) is 9.29. The summed E-state index contributed by atoms with van der Waals surface area (Å²) in [6.45, 7) is 6.69. The number of fused-ring (bicyclic) bond motifs is 1. The summed E-state index contributed by atoms with van der Waals surface area (Å²) in [5.74, 6) is -0.0493. The molecule has 3 atom stereocenters.